The predicted molar refractivity (Wildman–Crippen MR) is 139 cm³/mol. The van der Waals surface area contributed by atoms with Gasteiger partial charge in [-0.1, -0.05) is 27.0 Å². The van der Waals surface area contributed by atoms with E-state index in [4.69, 9.17) is 5.10 Å². The van der Waals surface area contributed by atoms with Gasteiger partial charge in [0.25, 0.3) is 0 Å². The zero-order chi connectivity index (χ0) is 23.7. The van der Waals surface area contributed by atoms with E-state index in [1.165, 1.54) is 53.9 Å². The number of hydrogen-bond donors (Lipinski definition) is 2. The first kappa shape index (κ1) is 23.4. The lowest BCUT2D eigenvalue weighted by Crippen LogP contribution is -2.32. The van der Waals surface area contributed by atoms with Crippen LogP contribution in [0, 0.1) is 12.8 Å². The minimum absolute atomic E-state index is 0.451. The molecule has 0 saturated carbocycles. The quantitative estimate of drug-likeness (QED) is 0.601. The van der Waals surface area contributed by atoms with E-state index in [1.54, 1.807) is 0 Å². The maximum absolute atomic E-state index is 4.77. The highest BCUT2D eigenvalue weighted by atomic mass is 15.2. The van der Waals surface area contributed by atoms with E-state index in [2.05, 4.69) is 80.1 Å². The molecule has 0 radical (unpaired) electrons. The van der Waals surface area contributed by atoms with Crippen LogP contribution in [0.1, 0.15) is 62.8 Å². The lowest BCUT2D eigenvalue weighted by atomic mass is 9.82. The smallest absolute Gasteiger partial charge is 0.0745 e. The summed E-state index contributed by atoms with van der Waals surface area (Å²) in [5, 5.41) is 11.8. The zero-order valence-electron chi connectivity index (χ0n) is 21.0. The van der Waals surface area contributed by atoms with Crippen LogP contribution in [-0.2, 0) is 0 Å². The number of fused-ring (bicyclic) bond motifs is 1. The molecule has 4 rings (SSSR count). The van der Waals surface area contributed by atoms with E-state index in [-0.39, 0.29) is 0 Å². The van der Waals surface area contributed by atoms with E-state index < -0.39 is 0 Å². The molecule has 0 bridgehead atoms. The molecule has 2 N–H and O–H groups in total. The lowest BCUT2D eigenvalue weighted by molar-refractivity contribution is 0.200. The molecule has 1 unspecified atom stereocenters. The van der Waals surface area contributed by atoms with Crippen LogP contribution in [0.25, 0.3) is 11.2 Å². The second-order valence-electron chi connectivity index (χ2n) is 9.76. The van der Waals surface area contributed by atoms with Crippen molar-refractivity contribution in [2.45, 2.75) is 52.9 Å². The van der Waals surface area contributed by atoms with Crippen molar-refractivity contribution in [2.24, 2.45) is 5.92 Å². The van der Waals surface area contributed by atoms with E-state index >= 15 is 0 Å². The highest BCUT2D eigenvalue weighted by molar-refractivity contribution is 5.80. The number of aromatic nitrogens is 2. The number of likely N-dealkylation sites (tertiary alicyclic amines) is 1. The molecule has 2 aliphatic heterocycles. The summed E-state index contributed by atoms with van der Waals surface area (Å²) in [5.41, 5.74) is 10.5. The zero-order valence-corrected chi connectivity index (χ0v) is 21.0. The van der Waals surface area contributed by atoms with Crippen molar-refractivity contribution in [2.75, 3.05) is 26.7 Å². The summed E-state index contributed by atoms with van der Waals surface area (Å²) in [6.45, 7) is 20.7. The Morgan fingerprint density at radius 1 is 1.30 bits per heavy atom. The Morgan fingerprint density at radius 2 is 2.03 bits per heavy atom. The van der Waals surface area contributed by atoms with Crippen molar-refractivity contribution in [1.82, 2.24) is 25.1 Å². The molecule has 2 aliphatic rings. The van der Waals surface area contributed by atoms with Gasteiger partial charge in [0, 0.05) is 47.0 Å². The van der Waals surface area contributed by atoms with Gasteiger partial charge in [-0.05, 0) is 94.1 Å². The fraction of sp³-hybridized carbons (Fsp3) is 0.464. The van der Waals surface area contributed by atoms with E-state index in [0.29, 0.717) is 18.4 Å². The highest BCUT2D eigenvalue weighted by Crippen LogP contribution is 2.38. The SMILES string of the molecule is C=C1NC(C)=CC(CC)=C1CNC(=C)c1c(C)c(C(C)C2CCN(C)CC2)n2ncccc12. The van der Waals surface area contributed by atoms with Crippen LogP contribution < -0.4 is 10.6 Å². The van der Waals surface area contributed by atoms with Crippen LogP contribution >= 0.6 is 0 Å². The normalized spacial score (nSPS) is 18.9. The lowest BCUT2D eigenvalue weighted by Gasteiger charge is -2.33. The molecule has 1 saturated heterocycles. The second-order valence-corrected chi connectivity index (χ2v) is 9.76. The summed E-state index contributed by atoms with van der Waals surface area (Å²) < 4.78 is 2.16. The molecule has 0 spiro atoms. The van der Waals surface area contributed by atoms with Gasteiger partial charge in [-0.15, -0.1) is 0 Å². The van der Waals surface area contributed by atoms with E-state index in [0.717, 1.165) is 29.0 Å². The van der Waals surface area contributed by atoms with Crippen LogP contribution in [0.15, 0.2) is 60.1 Å². The molecule has 33 heavy (non-hydrogen) atoms. The Balaban J connectivity index is 1.64. The number of piperidine rings is 1. The number of allylic oxidation sites excluding steroid dienone is 3. The van der Waals surface area contributed by atoms with Gasteiger partial charge < -0.3 is 15.5 Å². The van der Waals surface area contributed by atoms with Crippen molar-refractivity contribution in [1.29, 1.82) is 0 Å². The molecular weight excluding hydrogens is 406 g/mol. The molecule has 176 valence electrons. The summed E-state index contributed by atoms with van der Waals surface area (Å²) in [6, 6.07) is 4.19. The van der Waals surface area contributed by atoms with Gasteiger partial charge in [-0.3, -0.25) is 0 Å². The molecule has 0 amide bonds. The molecule has 0 aliphatic carbocycles. The summed E-state index contributed by atoms with van der Waals surface area (Å²) in [4.78, 5) is 2.44. The third-order valence-corrected chi connectivity index (χ3v) is 7.55. The molecule has 5 nitrogen and oxygen atoms in total. The van der Waals surface area contributed by atoms with Gasteiger partial charge in [0.15, 0.2) is 0 Å². The molecular formula is C28H39N5. The Bertz CT molecular complexity index is 1120. The van der Waals surface area contributed by atoms with Crippen LogP contribution in [0.2, 0.25) is 0 Å². The molecule has 2 aromatic heterocycles. The fourth-order valence-electron chi connectivity index (χ4n) is 5.61. The summed E-state index contributed by atoms with van der Waals surface area (Å²) in [6.07, 6.45) is 7.57. The van der Waals surface area contributed by atoms with Gasteiger partial charge in [0.1, 0.15) is 0 Å². The minimum Gasteiger partial charge on any atom is -0.381 e. The van der Waals surface area contributed by atoms with Crippen LogP contribution in [0.5, 0.6) is 0 Å². The van der Waals surface area contributed by atoms with Gasteiger partial charge >= 0.3 is 0 Å². The number of hydrogen-bond acceptors (Lipinski definition) is 4. The van der Waals surface area contributed by atoms with E-state index in [9.17, 15) is 0 Å². The van der Waals surface area contributed by atoms with E-state index in [1.807, 2.05) is 12.3 Å². The van der Waals surface area contributed by atoms with Gasteiger partial charge in [-0.2, -0.15) is 5.10 Å². The Morgan fingerprint density at radius 3 is 2.73 bits per heavy atom. The predicted octanol–water partition coefficient (Wildman–Crippen LogP) is 5.38. The first-order valence-electron chi connectivity index (χ1n) is 12.3. The second kappa shape index (κ2) is 9.60. The van der Waals surface area contributed by atoms with Crippen molar-refractivity contribution in [3.8, 4) is 0 Å². The largest absolute Gasteiger partial charge is 0.381 e. The van der Waals surface area contributed by atoms with Crippen molar-refractivity contribution < 1.29 is 0 Å². The molecule has 2 aromatic rings. The van der Waals surface area contributed by atoms with Crippen LogP contribution in [0.4, 0.5) is 0 Å². The molecule has 0 aromatic carbocycles. The summed E-state index contributed by atoms with van der Waals surface area (Å²) >= 11 is 0. The monoisotopic (exact) mass is 445 g/mol. The Kier molecular flexibility index (Phi) is 6.80. The van der Waals surface area contributed by atoms with Gasteiger partial charge in [-0.25, -0.2) is 4.52 Å². The number of nitrogens with one attached hydrogen (secondary N) is 2. The highest BCUT2D eigenvalue weighted by Gasteiger charge is 2.29. The standard InChI is InChI=1S/C28H39N5/c1-8-23-16-18(2)31-21(5)25(23)17-29-22(6)27-20(4)28(33-26(27)10-9-13-30-33)19(3)24-11-14-32(7)15-12-24/h9-10,13,16,19,24,29,31H,5-6,8,11-12,14-15,17H2,1-4,7H3. The summed E-state index contributed by atoms with van der Waals surface area (Å²) in [5.74, 6) is 1.13. The van der Waals surface area contributed by atoms with Crippen LogP contribution in [-0.4, -0.2) is 41.2 Å². The number of rotatable bonds is 7. The molecule has 4 heterocycles. The maximum atomic E-state index is 4.77. The number of nitrogens with zero attached hydrogens (tertiary/aromatic N) is 3. The number of dihydropyridines is 1. The summed E-state index contributed by atoms with van der Waals surface area (Å²) in [7, 11) is 2.22. The molecule has 5 heteroatoms. The Hall–Kier alpha value is -2.79. The van der Waals surface area contributed by atoms with Gasteiger partial charge in [0.05, 0.1) is 5.52 Å². The van der Waals surface area contributed by atoms with Crippen molar-refractivity contribution >= 4 is 11.2 Å². The maximum Gasteiger partial charge on any atom is 0.0745 e. The minimum atomic E-state index is 0.451. The van der Waals surface area contributed by atoms with Crippen molar-refractivity contribution in [3.05, 3.63) is 76.9 Å². The third kappa shape index (κ3) is 4.51. The average Bonchev–Trinajstić information content (AvgIpc) is 3.09. The van der Waals surface area contributed by atoms with Crippen molar-refractivity contribution in [3.63, 3.8) is 0 Å². The topological polar surface area (TPSA) is 44.6 Å². The first-order valence-corrected chi connectivity index (χ1v) is 12.3. The molecule has 1 atom stereocenters. The molecule has 1 fully saturated rings. The fourth-order valence-corrected chi connectivity index (χ4v) is 5.61. The first-order chi connectivity index (χ1) is 15.8. The van der Waals surface area contributed by atoms with Gasteiger partial charge in [0.2, 0.25) is 0 Å². The third-order valence-electron chi connectivity index (χ3n) is 7.55. The average molecular weight is 446 g/mol. The Labute approximate surface area is 198 Å². The van der Waals surface area contributed by atoms with Crippen LogP contribution in [0.3, 0.4) is 0 Å².